The van der Waals surface area contributed by atoms with Crippen molar-refractivity contribution in [2.45, 2.75) is 49.1 Å². The fourth-order valence-electron chi connectivity index (χ4n) is 4.36. The maximum absolute atomic E-state index is 14.4. The van der Waals surface area contributed by atoms with Gasteiger partial charge >= 0.3 is 6.18 Å². The second-order valence-electron chi connectivity index (χ2n) is 8.66. The first kappa shape index (κ1) is 26.2. The Morgan fingerprint density at radius 3 is 2.50 bits per heavy atom. The van der Waals surface area contributed by atoms with Gasteiger partial charge in [-0.3, -0.25) is 0 Å². The number of allylic oxidation sites excluding steroid dienone is 1. The van der Waals surface area contributed by atoms with E-state index in [0.29, 0.717) is 34.9 Å². The molecule has 4 rings (SSSR count). The van der Waals surface area contributed by atoms with Crippen LogP contribution in [0.1, 0.15) is 54.2 Å². The Hall–Kier alpha value is -2.84. The predicted octanol–water partition coefficient (Wildman–Crippen LogP) is 8.13. The molecule has 2 atom stereocenters. The van der Waals surface area contributed by atoms with E-state index < -0.39 is 43.6 Å². The number of sulfone groups is 1. The largest absolute Gasteiger partial charge is 0.490 e. The Bertz CT molecular complexity index is 1410. The molecule has 0 N–H and O–H groups in total. The molecule has 0 aromatic heterocycles. The summed E-state index contributed by atoms with van der Waals surface area (Å²) in [6, 6.07) is 13.1. The third-order valence-electron chi connectivity index (χ3n) is 6.21. The van der Waals surface area contributed by atoms with Crippen molar-refractivity contribution in [3.8, 4) is 5.75 Å². The number of ether oxygens (including phenoxy) is 1. The number of benzene rings is 3. The Kier molecular flexibility index (Phi) is 7.21. The number of halogens is 5. The van der Waals surface area contributed by atoms with Gasteiger partial charge in [-0.05, 0) is 66.9 Å². The minimum atomic E-state index is -4.67. The van der Waals surface area contributed by atoms with E-state index in [9.17, 15) is 26.0 Å². The highest BCUT2D eigenvalue weighted by Gasteiger charge is 2.39. The van der Waals surface area contributed by atoms with Gasteiger partial charge in [0.15, 0.2) is 9.84 Å². The minimum absolute atomic E-state index is 0.0906. The first-order valence-electron chi connectivity index (χ1n) is 11.3. The van der Waals surface area contributed by atoms with Crippen LogP contribution in [0, 0.1) is 5.82 Å². The molecular formula is C27H23ClF4O3S. The highest BCUT2D eigenvalue weighted by Crippen LogP contribution is 2.44. The molecule has 0 saturated carbocycles. The minimum Gasteiger partial charge on any atom is -0.490 e. The number of hydrogen-bond donors (Lipinski definition) is 0. The second-order valence-corrected chi connectivity index (χ2v) is 11.2. The van der Waals surface area contributed by atoms with Crippen molar-refractivity contribution in [2.75, 3.05) is 0 Å². The van der Waals surface area contributed by atoms with E-state index in [-0.39, 0.29) is 17.0 Å². The normalized spacial score (nSPS) is 18.5. The van der Waals surface area contributed by atoms with Crippen LogP contribution in [0.3, 0.4) is 0 Å². The first-order chi connectivity index (χ1) is 16.9. The Morgan fingerprint density at radius 1 is 1.11 bits per heavy atom. The zero-order valence-corrected chi connectivity index (χ0v) is 21.0. The van der Waals surface area contributed by atoms with Crippen molar-refractivity contribution in [1.29, 1.82) is 0 Å². The fraction of sp³-hybridized carbons (Fsp3) is 0.259. The third-order valence-corrected chi connectivity index (χ3v) is 8.63. The van der Waals surface area contributed by atoms with E-state index in [2.05, 4.69) is 0 Å². The van der Waals surface area contributed by atoms with E-state index >= 15 is 0 Å². The molecule has 0 fully saturated rings. The molecule has 0 radical (unpaired) electrons. The molecule has 0 aliphatic carbocycles. The summed E-state index contributed by atoms with van der Waals surface area (Å²) in [4.78, 5) is -0.403. The molecule has 3 aromatic rings. The summed E-state index contributed by atoms with van der Waals surface area (Å²) >= 11 is 6.17. The molecule has 0 spiro atoms. The number of hydrogen-bond acceptors (Lipinski definition) is 3. The van der Waals surface area contributed by atoms with Crippen molar-refractivity contribution >= 4 is 33.1 Å². The van der Waals surface area contributed by atoms with Gasteiger partial charge in [0.2, 0.25) is 0 Å². The maximum atomic E-state index is 14.4. The van der Waals surface area contributed by atoms with E-state index in [0.717, 1.165) is 12.1 Å². The number of fused-ring (bicyclic) bond motifs is 1. The van der Waals surface area contributed by atoms with E-state index in [1.165, 1.54) is 18.2 Å². The SMILES string of the molecule is CCC1CC(S(=O)(=O)c2cccc(C(F)(F)F)c2)c2cc(/C=C(\C)c3c(F)cccc3Cl)ccc2O1. The molecule has 1 aliphatic rings. The predicted molar refractivity (Wildman–Crippen MR) is 132 cm³/mol. The third kappa shape index (κ3) is 5.15. The molecule has 0 bridgehead atoms. The summed E-state index contributed by atoms with van der Waals surface area (Å²) in [5.41, 5.74) is 0.648. The van der Waals surface area contributed by atoms with Crippen LogP contribution in [0.4, 0.5) is 17.6 Å². The number of rotatable bonds is 5. The van der Waals surface area contributed by atoms with Gasteiger partial charge in [0, 0.05) is 17.5 Å². The maximum Gasteiger partial charge on any atom is 0.416 e. The molecule has 3 aromatic carbocycles. The number of alkyl halides is 3. The van der Waals surface area contributed by atoms with Crippen LogP contribution in [0.5, 0.6) is 5.75 Å². The van der Waals surface area contributed by atoms with Gasteiger partial charge in [-0.25, -0.2) is 12.8 Å². The van der Waals surface area contributed by atoms with Crippen LogP contribution < -0.4 is 4.74 Å². The average Bonchev–Trinajstić information content (AvgIpc) is 2.82. The van der Waals surface area contributed by atoms with Crippen molar-refractivity contribution in [2.24, 2.45) is 0 Å². The topological polar surface area (TPSA) is 43.4 Å². The Balaban J connectivity index is 1.80. The molecule has 1 heterocycles. The molecule has 9 heteroatoms. The van der Waals surface area contributed by atoms with Gasteiger partial charge < -0.3 is 4.74 Å². The van der Waals surface area contributed by atoms with Gasteiger partial charge in [0.1, 0.15) is 17.7 Å². The van der Waals surface area contributed by atoms with E-state index in [4.69, 9.17) is 16.3 Å². The van der Waals surface area contributed by atoms with Crippen molar-refractivity contribution in [3.05, 3.63) is 93.8 Å². The van der Waals surface area contributed by atoms with Crippen LogP contribution in [-0.4, -0.2) is 14.5 Å². The van der Waals surface area contributed by atoms with Crippen LogP contribution >= 0.6 is 11.6 Å². The molecule has 3 nitrogen and oxygen atoms in total. The average molecular weight is 539 g/mol. The lowest BCUT2D eigenvalue weighted by molar-refractivity contribution is -0.137. The smallest absolute Gasteiger partial charge is 0.416 e. The zero-order chi connectivity index (χ0) is 26.3. The van der Waals surface area contributed by atoms with Gasteiger partial charge in [0.05, 0.1) is 20.7 Å². The Morgan fingerprint density at radius 2 is 1.83 bits per heavy atom. The molecule has 1 aliphatic heterocycles. The summed E-state index contributed by atoms with van der Waals surface area (Å²) in [6.07, 6.45) is -2.80. The van der Waals surface area contributed by atoms with Gasteiger partial charge in [0.25, 0.3) is 0 Å². The highest BCUT2D eigenvalue weighted by atomic mass is 35.5. The Labute approximate surface area is 212 Å². The van der Waals surface area contributed by atoms with Gasteiger partial charge in [-0.1, -0.05) is 42.8 Å². The van der Waals surface area contributed by atoms with Crippen LogP contribution in [-0.2, 0) is 16.0 Å². The lowest BCUT2D eigenvalue weighted by Crippen LogP contribution is -2.29. The molecule has 36 heavy (non-hydrogen) atoms. The van der Waals surface area contributed by atoms with Crippen molar-refractivity contribution in [1.82, 2.24) is 0 Å². The molecule has 190 valence electrons. The first-order valence-corrected chi connectivity index (χ1v) is 13.2. The molecule has 2 unspecified atom stereocenters. The lowest BCUT2D eigenvalue weighted by atomic mass is 9.97. The summed E-state index contributed by atoms with van der Waals surface area (Å²) in [6.45, 7) is 3.53. The van der Waals surface area contributed by atoms with Crippen molar-refractivity contribution in [3.63, 3.8) is 0 Å². The van der Waals surface area contributed by atoms with Crippen LogP contribution in [0.25, 0.3) is 11.6 Å². The summed E-state index contributed by atoms with van der Waals surface area (Å²) < 4.78 is 87.4. The molecule has 0 saturated heterocycles. The quantitative estimate of drug-likeness (QED) is 0.243. The monoisotopic (exact) mass is 538 g/mol. The fourth-order valence-corrected chi connectivity index (χ4v) is 6.55. The van der Waals surface area contributed by atoms with Crippen molar-refractivity contribution < 1.29 is 30.7 Å². The van der Waals surface area contributed by atoms with E-state index in [1.54, 1.807) is 37.3 Å². The summed E-state index contributed by atoms with van der Waals surface area (Å²) in [7, 11) is -4.19. The zero-order valence-electron chi connectivity index (χ0n) is 19.4. The summed E-state index contributed by atoms with van der Waals surface area (Å²) in [5, 5.41) is -0.874. The van der Waals surface area contributed by atoms with Gasteiger partial charge in [-0.2, -0.15) is 13.2 Å². The standard InChI is InChI=1S/C27H23ClF4O3S/c1-3-19-15-25(36(33,34)20-7-4-6-18(14-20)27(30,31)32)21-13-17(10-11-24(21)35-19)12-16(2)26-22(28)8-5-9-23(26)29/h4-14,19,25H,3,15H2,1-2H3/b16-12+. The lowest BCUT2D eigenvalue weighted by Gasteiger charge is -2.32. The van der Waals surface area contributed by atoms with E-state index in [1.807, 2.05) is 6.92 Å². The molecular weight excluding hydrogens is 516 g/mol. The van der Waals surface area contributed by atoms with Crippen LogP contribution in [0.2, 0.25) is 5.02 Å². The second kappa shape index (κ2) is 9.90. The van der Waals surface area contributed by atoms with Crippen LogP contribution in [0.15, 0.2) is 65.6 Å². The molecule has 0 amide bonds. The summed E-state index contributed by atoms with van der Waals surface area (Å²) in [5.74, 6) is -0.138. The van der Waals surface area contributed by atoms with Gasteiger partial charge in [-0.15, -0.1) is 0 Å². The highest BCUT2D eigenvalue weighted by molar-refractivity contribution is 7.91.